The Morgan fingerprint density at radius 1 is 1.00 bits per heavy atom. The van der Waals surface area contributed by atoms with Crippen molar-refractivity contribution >= 4 is 5.91 Å². The van der Waals surface area contributed by atoms with Gasteiger partial charge in [0.05, 0.1) is 27.4 Å². The summed E-state index contributed by atoms with van der Waals surface area (Å²) in [7, 11) is 4.80. The molecule has 2 heterocycles. The van der Waals surface area contributed by atoms with E-state index in [4.69, 9.17) is 18.7 Å². The van der Waals surface area contributed by atoms with Crippen molar-refractivity contribution in [1.82, 2.24) is 15.0 Å². The van der Waals surface area contributed by atoms with E-state index in [2.05, 4.69) is 10.1 Å². The number of benzene rings is 2. The predicted molar refractivity (Wildman–Crippen MR) is 113 cm³/mol. The van der Waals surface area contributed by atoms with Crippen molar-refractivity contribution in [1.29, 1.82) is 0 Å². The molecule has 8 nitrogen and oxygen atoms in total. The molecule has 1 fully saturated rings. The molecule has 1 aliphatic rings. The second-order valence-electron chi connectivity index (χ2n) is 7.46. The second kappa shape index (κ2) is 8.67. The van der Waals surface area contributed by atoms with Gasteiger partial charge in [0.25, 0.3) is 5.89 Å². The molecule has 1 saturated heterocycles. The molecule has 8 heteroatoms. The molecule has 0 aliphatic carbocycles. The number of rotatable bonds is 7. The SMILES string of the molecule is COc1ccc(C(C)N2CC(c3noc(-c4cc(OC)cc(OC)c4)n3)CC2=O)cc1. The fraction of sp³-hybridized carbons (Fsp3) is 0.348. The molecule has 0 bridgehead atoms. The van der Waals surface area contributed by atoms with E-state index in [1.165, 1.54) is 0 Å². The topological polar surface area (TPSA) is 86.9 Å². The van der Waals surface area contributed by atoms with Crippen LogP contribution < -0.4 is 14.2 Å². The van der Waals surface area contributed by atoms with Crippen LogP contribution in [0.15, 0.2) is 47.0 Å². The van der Waals surface area contributed by atoms with Crippen LogP contribution in [0.5, 0.6) is 17.2 Å². The number of aromatic nitrogens is 2. The maximum atomic E-state index is 12.7. The quantitative estimate of drug-likeness (QED) is 0.571. The number of carbonyl (C=O) groups is 1. The zero-order chi connectivity index (χ0) is 22.0. The Labute approximate surface area is 180 Å². The molecule has 162 valence electrons. The molecule has 2 unspecified atom stereocenters. The average Bonchev–Trinajstić information content (AvgIpc) is 3.45. The molecule has 0 saturated carbocycles. The van der Waals surface area contributed by atoms with Gasteiger partial charge < -0.3 is 23.6 Å². The Bertz CT molecular complexity index is 1040. The number of carbonyl (C=O) groups excluding carboxylic acids is 1. The van der Waals surface area contributed by atoms with E-state index in [9.17, 15) is 4.79 Å². The summed E-state index contributed by atoms with van der Waals surface area (Å²) in [5.41, 5.74) is 1.75. The first-order valence-corrected chi connectivity index (χ1v) is 10.0. The van der Waals surface area contributed by atoms with E-state index in [0.29, 0.717) is 41.7 Å². The fourth-order valence-electron chi connectivity index (χ4n) is 3.79. The number of hydrogen-bond acceptors (Lipinski definition) is 7. The van der Waals surface area contributed by atoms with Crippen LogP contribution in [0.25, 0.3) is 11.5 Å². The third-order valence-electron chi connectivity index (χ3n) is 5.63. The molecular weight excluding hydrogens is 398 g/mol. The molecule has 31 heavy (non-hydrogen) atoms. The second-order valence-corrected chi connectivity index (χ2v) is 7.46. The highest BCUT2D eigenvalue weighted by Gasteiger charge is 2.36. The Hall–Kier alpha value is -3.55. The Kier molecular flexibility index (Phi) is 5.79. The summed E-state index contributed by atoms with van der Waals surface area (Å²) in [4.78, 5) is 19.1. The Morgan fingerprint density at radius 2 is 1.65 bits per heavy atom. The van der Waals surface area contributed by atoms with Gasteiger partial charge in [-0.15, -0.1) is 0 Å². The van der Waals surface area contributed by atoms with Crippen molar-refractivity contribution in [3.63, 3.8) is 0 Å². The monoisotopic (exact) mass is 423 g/mol. The maximum absolute atomic E-state index is 12.7. The standard InChI is InChI=1S/C23H25N3O5/c1-14(15-5-7-18(28-2)8-6-15)26-13-17(11-21(26)27)22-24-23(31-25-22)16-9-19(29-3)12-20(10-16)30-4/h5-10,12,14,17H,11,13H2,1-4H3. The average molecular weight is 423 g/mol. The number of methoxy groups -OCH3 is 3. The van der Waals surface area contributed by atoms with Gasteiger partial charge in [0.15, 0.2) is 5.82 Å². The predicted octanol–water partition coefficient (Wildman–Crippen LogP) is 3.84. The van der Waals surface area contributed by atoms with Gasteiger partial charge in [0.2, 0.25) is 5.91 Å². The number of amides is 1. The summed E-state index contributed by atoms with van der Waals surface area (Å²) in [5.74, 6) is 2.88. The zero-order valence-corrected chi connectivity index (χ0v) is 18.0. The smallest absolute Gasteiger partial charge is 0.258 e. The van der Waals surface area contributed by atoms with Crippen LogP contribution >= 0.6 is 0 Å². The van der Waals surface area contributed by atoms with Crippen molar-refractivity contribution < 1.29 is 23.5 Å². The highest BCUT2D eigenvalue weighted by atomic mass is 16.5. The van der Waals surface area contributed by atoms with Gasteiger partial charge in [-0.25, -0.2) is 0 Å². The minimum Gasteiger partial charge on any atom is -0.497 e. The van der Waals surface area contributed by atoms with Crippen molar-refractivity contribution in [2.45, 2.75) is 25.3 Å². The molecular formula is C23H25N3O5. The van der Waals surface area contributed by atoms with Gasteiger partial charge >= 0.3 is 0 Å². The zero-order valence-electron chi connectivity index (χ0n) is 18.0. The third kappa shape index (κ3) is 4.19. The Morgan fingerprint density at radius 3 is 2.26 bits per heavy atom. The first-order valence-electron chi connectivity index (χ1n) is 10.0. The number of likely N-dealkylation sites (tertiary alicyclic amines) is 1. The summed E-state index contributed by atoms with van der Waals surface area (Å²) in [6.45, 7) is 2.55. The van der Waals surface area contributed by atoms with E-state index < -0.39 is 0 Å². The minimum absolute atomic E-state index is 0.0579. The van der Waals surface area contributed by atoms with E-state index in [0.717, 1.165) is 11.3 Å². The highest BCUT2D eigenvalue weighted by molar-refractivity contribution is 5.80. The normalized spacial score (nSPS) is 17.0. The molecule has 1 aromatic heterocycles. The maximum Gasteiger partial charge on any atom is 0.258 e. The highest BCUT2D eigenvalue weighted by Crippen LogP contribution is 2.35. The van der Waals surface area contributed by atoms with Gasteiger partial charge in [-0.1, -0.05) is 17.3 Å². The molecule has 0 radical (unpaired) electrons. The van der Waals surface area contributed by atoms with Crippen LogP contribution in [0.2, 0.25) is 0 Å². The summed E-state index contributed by atoms with van der Waals surface area (Å²) in [6.07, 6.45) is 0.348. The van der Waals surface area contributed by atoms with Crippen LogP contribution in [0.1, 0.15) is 36.7 Å². The van der Waals surface area contributed by atoms with Crippen molar-refractivity contribution in [2.24, 2.45) is 0 Å². The lowest BCUT2D eigenvalue weighted by atomic mass is 10.1. The molecule has 1 aliphatic heterocycles. The fourth-order valence-corrected chi connectivity index (χ4v) is 3.79. The third-order valence-corrected chi connectivity index (χ3v) is 5.63. The minimum atomic E-state index is -0.127. The lowest BCUT2D eigenvalue weighted by molar-refractivity contribution is -0.129. The van der Waals surface area contributed by atoms with Crippen molar-refractivity contribution in [3.05, 3.63) is 53.9 Å². The van der Waals surface area contributed by atoms with Gasteiger partial charge in [-0.3, -0.25) is 4.79 Å². The lowest BCUT2D eigenvalue weighted by Gasteiger charge is -2.25. The van der Waals surface area contributed by atoms with Gasteiger partial charge in [-0.05, 0) is 36.8 Å². The lowest BCUT2D eigenvalue weighted by Crippen LogP contribution is -2.28. The summed E-state index contributed by atoms with van der Waals surface area (Å²) in [6, 6.07) is 13.1. The summed E-state index contributed by atoms with van der Waals surface area (Å²) < 4.78 is 21.3. The van der Waals surface area contributed by atoms with Crippen molar-refractivity contribution in [2.75, 3.05) is 27.9 Å². The van der Waals surface area contributed by atoms with Crippen LogP contribution in [-0.2, 0) is 4.79 Å². The van der Waals surface area contributed by atoms with Gasteiger partial charge in [-0.2, -0.15) is 4.98 Å². The molecule has 1 amide bonds. The number of hydrogen-bond donors (Lipinski definition) is 0. The van der Waals surface area contributed by atoms with E-state index >= 15 is 0 Å². The molecule has 4 rings (SSSR count). The van der Waals surface area contributed by atoms with Gasteiger partial charge in [0, 0.05) is 30.5 Å². The summed E-state index contributed by atoms with van der Waals surface area (Å²) in [5, 5.41) is 4.15. The van der Waals surface area contributed by atoms with Crippen LogP contribution in [-0.4, -0.2) is 48.8 Å². The first-order chi connectivity index (χ1) is 15.0. The van der Waals surface area contributed by atoms with Crippen molar-refractivity contribution in [3.8, 4) is 28.7 Å². The van der Waals surface area contributed by atoms with Crippen LogP contribution in [0.3, 0.4) is 0 Å². The number of nitrogens with zero attached hydrogens (tertiary/aromatic N) is 3. The number of ether oxygens (including phenoxy) is 3. The first kappa shape index (κ1) is 20.7. The van der Waals surface area contributed by atoms with E-state index in [-0.39, 0.29) is 17.9 Å². The molecule has 2 atom stereocenters. The van der Waals surface area contributed by atoms with Crippen LogP contribution in [0.4, 0.5) is 0 Å². The molecule has 0 spiro atoms. The largest absolute Gasteiger partial charge is 0.497 e. The van der Waals surface area contributed by atoms with E-state index in [1.807, 2.05) is 36.1 Å². The summed E-state index contributed by atoms with van der Waals surface area (Å²) >= 11 is 0. The Balaban J connectivity index is 1.51. The van der Waals surface area contributed by atoms with Gasteiger partial charge in [0.1, 0.15) is 17.2 Å². The molecule has 0 N–H and O–H groups in total. The van der Waals surface area contributed by atoms with Crippen LogP contribution in [0, 0.1) is 0 Å². The van der Waals surface area contributed by atoms with E-state index in [1.54, 1.807) is 39.5 Å². The molecule has 3 aromatic rings. The molecule has 2 aromatic carbocycles.